The number of anilines is 2. The summed E-state index contributed by atoms with van der Waals surface area (Å²) in [5, 5.41) is 13.2. The SMILES string of the molecule is CCCNc1cc(N2C3CCC2CC(O)C3)ccn1. The minimum Gasteiger partial charge on any atom is -0.393 e. The fourth-order valence-electron chi connectivity index (χ4n) is 3.50. The van der Waals surface area contributed by atoms with E-state index in [4.69, 9.17) is 0 Å². The summed E-state index contributed by atoms with van der Waals surface area (Å²) in [7, 11) is 0. The van der Waals surface area contributed by atoms with Crippen molar-refractivity contribution in [3.63, 3.8) is 0 Å². The second-order valence-electron chi connectivity index (χ2n) is 5.74. The van der Waals surface area contributed by atoms with Crippen LogP contribution in [0, 0.1) is 0 Å². The first-order valence-electron chi connectivity index (χ1n) is 7.44. The highest BCUT2D eigenvalue weighted by molar-refractivity contribution is 5.56. The van der Waals surface area contributed by atoms with Crippen molar-refractivity contribution >= 4 is 11.5 Å². The number of hydrogen-bond acceptors (Lipinski definition) is 4. The van der Waals surface area contributed by atoms with E-state index in [0.717, 1.165) is 31.6 Å². The summed E-state index contributed by atoms with van der Waals surface area (Å²) in [4.78, 5) is 6.88. The van der Waals surface area contributed by atoms with Crippen LogP contribution in [0.5, 0.6) is 0 Å². The number of hydrogen-bond donors (Lipinski definition) is 2. The van der Waals surface area contributed by atoms with Crippen LogP contribution >= 0.6 is 0 Å². The summed E-state index contributed by atoms with van der Waals surface area (Å²) < 4.78 is 0. The number of rotatable bonds is 4. The average Bonchev–Trinajstić information content (AvgIpc) is 2.69. The Kier molecular flexibility index (Phi) is 3.60. The van der Waals surface area contributed by atoms with E-state index in [1.807, 2.05) is 6.20 Å². The van der Waals surface area contributed by atoms with Gasteiger partial charge in [-0.05, 0) is 38.2 Å². The van der Waals surface area contributed by atoms with Gasteiger partial charge in [-0.3, -0.25) is 0 Å². The second kappa shape index (κ2) is 5.37. The van der Waals surface area contributed by atoms with Crippen molar-refractivity contribution in [2.24, 2.45) is 0 Å². The Morgan fingerprint density at radius 3 is 2.79 bits per heavy atom. The van der Waals surface area contributed by atoms with E-state index in [2.05, 4.69) is 34.3 Å². The molecule has 19 heavy (non-hydrogen) atoms. The molecule has 0 aromatic carbocycles. The summed E-state index contributed by atoms with van der Waals surface area (Å²) in [6.07, 6.45) is 7.13. The first-order chi connectivity index (χ1) is 9.28. The quantitative estimate of drug-likeness (QED) is 0.874. The Morgan fingerprint density at radius 2 is 2.11 bits per heavy atom. The number of aromatic nitrogens is 1. The van der Waals surface area contributed by atoms with Crippen LogP contribution in [0.25, 0.3) is 0 Å². The van der Waals surface area contributed by atoms with Crippen LogP contribution in [0.15, 0.2) is 18.3 Å². The van der Waals surface area contributed by atoms with Gasteiger partial charge in [0.15, 0.2) is 0 Å². The van der Waals surface area contributed by atoms with E-state index in [1.165, 1.54) is 18.5 Å². The molecule has 3 heterocycles. The van der Waals surface area contributed by atoms with E-state index in [-0.39, 0.29) is 6.10 Å². The molecular weight excluding hydrogens is 238 g/mol. The van der Waals surface area contributed by atoms with Gasteiger partial charge in [0.1, 0.15) is 5.82 Å². The van der Waals surface area contributed by atoms with Gasteiger partial charge < -0.3 is 15.3 Å². The lowest BCUT2D eigenvalue weighted by atomic mass is 9.99. The third kappa shape index (κ3) is 2.54. The number of nitrogens with one attached hydrogen (secondary N) is 1. The predicted octanol–water partition coefficient (Wildman–Crippen LogP) is 2.40. The third-order valence-electron chi connectivity index (χ3n) is 4.31. The molecule has 0 amide bonds. The highest BCUT2D eigenvalue weighted by atomic mass is 16.3. The minimum absolute atomic E-state index is 0.103. The minimum atomic E-state index is -0.103. The molecule has 2 saturated heterocycles. The van der Waals surface area contributed by atoms with Crippen molar-refractivity contribution in [3.05, 3.63) is 18.3 Å². The maximum absolute atomic E-state index is 9.87. The zero-order valence-corrected chi connectivity index (χ0v) is 11.5. The molecule has 2 aliphatic rings. The Morgan fingerprint density at radius 1 is 1.37 bits per heavy atom. The van der Waals surface area contributed by atoms with Crippen molar-refractivity contribution in [1.29, 1.82) is 0 Å². The molecule has 4 heteroatoms. The lowest BCUT2D eigenvalue weighted by molar-refractivity contribution is 0.126. The van der Waals surface area contributed by atoms with Gasteiger partial charge in [0.2, 0.25) is 0 Å². The second-order valence-corrected chi connectivity index (χ2v) is 5.74. The van der Waals surface area contributed by atoms with Crippen LogP contribution in [0.4, 0.5) is 11.5 Å². The molecule has 0 aliphatic carbocycles. The van der Waals surface area contributed by atoms with Crippen molar-refractivity contribution < 1.29 is 5.11 Å². The van der Waals surface area contributed by atoms with Gasteiger partial charge in [-0.25, -0.2) is 4.98 Å². The van der Waals surface area contributed by atoms with Gasteiger partial charge >= 0.3 is 0 Å². The summed E-state index contributed by atoms with van der Waals surface area (Å²) in [6.45, 7) is 3.12. The topological polar surface area (TPSA) is 48.4 Å². The molecule has 2 N–H and O–H groups in total. The van der Waals surface area contributed by atoms with Crippen LogP contribution in [0.3, 0.4) is 0 Å². The maximum Gasteiger partial charge on any atom is 0.127 e. The van der Waals surface area contributed by atoms with E-state index < -0.39 is 0 Å². The number of fused-ring (bicyclic) bond motifs is 2. The predicted molar refractivity (Wildman–Crippen MR) is 77.5 cm³/mol. The summed E-state index contributed by atoms with van der Waals surface area (Å²) in [6, 6.07) is 5.27. The number of nitrogens with zero attached hydrogens (tertiary/aromatic N) is 2. The van der Waals surface area contributed by atoms with Gasteiger partial charge in [-0.15, -0.1) is 0 Å². The Balaban J connectivity index is 1.79. The van der Waals surface area contributed by atoms with Crippen LogP contribution < -0.4 is 10.2 Å². The van der Waals surface area contributed by atoms with E-state index in [0.29, 0.717) is 12.1 Å². The van der Waals surface area contributed by atoms with E-state index in [1.54, 1.807) is 0 Å². The highest BCUT2D eigenvalue weighted by Gasteiger charge is 2.40. The van der Waals surface area contributed by atoms with Gasteiger partial charge in [0, 0.05) is 36.6 Å². The normalized spacial score (nSPS) is 29.6. The number of piperidine rings is 1. The molecule has 1 aromatic heterocycles. The summed E-state index contributed by atoms with van der Waals surface area (Å²) >= 11 is 0. The molecule has 2 unspecified atom stereocenters. The van der Waals surface area contributed by atoms with Crippen molar-refractivity contribution in [2.45, 2.75) is 57.2 Å². The molecule has 2 atom stereocenters. The Labute approximate surface area is 114 Å². The lowest BCUT2D eigenvalue weighted by Gasteiger charge is -2.39. The molecule has 2 fully saturated rings. The van der Waals surface area contributed by atoms with Crippen LogP contribution in [0.1, 0.15) is 39.0 Å². The first kappa shape index (κ1) is 12.7. The molecule has 104 valence electrons. The molecule has 1 aromatic rings. The molecule has 2 bridgehead atoms. The van der Waals surface area contributed by atoms with E-state index in [9.17, 15) is 5.11 Å². The fourth-order valence-corrected chi connectivity index (χ4v) is 3.50. The Bertz CT molecular complexity index is 423. The fraction of sp³-hybridized carbons (Fsp3) is 0.667. The van der Waals surface area contributed by atoms with Crippen LogP contribution in [0.2, 0.25) is 0 Å². The van der Waals surface area contributed by atoms with Gasteiger partial charge in [-0.1, -0.05) is 6.92 Å². The molecule has 0 saturated carbocycles. The van der Waals surface area contributed by atoms with Crippen molar-refractivity contribution in [2.75, 3.05) is 16.8 Å². The Hall–Kier alpha value is -1.29. The van der Waals surface area contributed by atoms with Crippen LogP contribution in [-0.4, -0.2) is 34.8 Å². The third-order valence-corrected chi connectivity index (χ3v) is 4.31. The molecule has 4 nitrogen and oxygen atoms in total. The molecular formula is C15H23N3O. The number of aliphatic hydroxyl groups excluding tert-OH is 1. The molecule has 0 radical (unpaired) electrons. The van der Waals surface area contributed by atoms with Crippen molar-refractivity contribution in [3.8, 4) is 0 Å². The zero-order chi connectivity index (χ0) is 13.2. The monoisotopic (exact) mass is 261 g/mol. The zero-order valence-electron chi connectivity index (χ0n) is 11.5. The number of aliphatic hydroxyl groups is 1. The summed E-state index contributed by atoms with van der Waals surface area (Å²) in [5.74, 6) is 0.963. The molecule has 2 aliphatic heterocycles. The molecule has 3 rings (SSSR count). The van der Waals surface area contributed by atoms with Gasteiger partial charge in [-0.2, -0.15) is 0 Å². The maximum atomic E-state index is 9.87. The average molecular weight is 261 g/mol. The highest BCUT2D eigenvalue weighted by Crippen LogP contribution is 2.39. The number of pyridine rings is 1. The lowest BCUT2D eigenvalue weighted by Crippen LogP contribution is -2.44. The largest absolute Gasteiger partial charge is 0.393 e. The van der Waals surface area contributed by atoms with Gasteiger partial charge in [0.05, 0.1) is 6.10 Å². The first-order valence-corrected chi connectivity index (χ1v) is 7.44. The smallest absolute Gasteiger partial charge is 0.127 e. The van der Waals surface area contributed by atoms with E-state index >= 15 is 0 Å². The summed E-state index contributed by atoms with van der Waals surface area (Å²) in [5.41, 5.74) is 1.26. The van der Waals surface area contributed by atoms with Crippen molar-refractivity contribution in [1.82, 2.24) is 4.98 Å². The molecule has 0 spiro atoms. The van der Waals surface area contributed by atoms with Gasteiger partial charge in [0.25, 0.3) is 0 Å². The van der Waals surface area contributed by atoms with Crippen LogP contribution in [-0.2, 0) is 0 Å². The standard InChI is InChI=1S/C15H23N3O/c1-2-6-16-15-10-13(5-7-17-15)18-11-3-4-12(18)9-14(19)8-11/h5,7,10-12,14,19H,2-4,6,8-9H2,1H3,(H,16,17).